The summed E-state index contributed by atoms with van der Waals surface area (Å²) < 4.78 is 41.9. The molecule has 36 heavy (non-hydrogen) atoms. The number of carbonyl (C=O) groups excluding carboxylic acids is 2. The molecule has 0 aliphatic carbocycles. The zero-order valence-electron chi connectivity index (χ0n) is 18.9. The maximum atomic E-state index is 13.5. The lowest BCUT2D eigenvalue weighted by atomic mass is 10.1. The predicted molar refractivity (Wildman–Crippen MR) is 130 cm³/mol. The molecule has 2 saturated heterocycles. The molecule has 0 spiro atoms. The molecule has 2 aromatic carbocycles. The number of β-amino-alcohol motifs (C(OH)–C–C–N with tert-alkyl or cyclic N) is 1. The number of likely N-dealkylation sites (tertiary alicyclic amines) is 1. The molecule has 2 fully saturated rings. The molecule has 0 unspecified atom stereocenters. The van der Waals surface area contributed by atoms with E-state index in [1.165, 1.54) is 23.0 Å². The highest BCUT2D eigenvalue weighted by molar-refractivity contribution is 8.18. The minimum absolute atomic E-state index is 0.0000785. The first-order chi connectivity index (χ1) is 17.0. The van der Waals surface area contributed by atoms with Crippen LogP contribution in [0.5, 0.6) is 0 Å². The van der Waals surface area contributed by atoms with Crippen molar-refractivity contribution >= 4 is 51.5 Å². The number of imide groups is 1. The summed E-state index contributed by atoms with van der Waals surface area (Å²) in [5, 5.41) is 14.7. The van der Waals surface area contributed by atoms with Crippen molar-refractivity contribution in [3.8, 4) is 0 Å². The standard InChI is InChI=1S/C24H20ClF3N4O3S/c1-30-11-19(20(33)12-30)32-22(34)21(36-23(32)35)7-13-2-5-18-15(6-13)9-29-31(18)10-14-3-4-16(25)8-17(14)24(26,27)28/h2-9,19-20,33H,10-12H2,1H3/t19-,20-/m0/s1. The number of fused-ring (bicyclic) bond motifs is 1. The first-order valence-electron chi connectivity index (χ1n) is 11.0. The Kier molecular flexibility index (Phi) is 6.36. The van der Waals surface area contributed by atoms with Gasteiger partial charge in [-0.1, -0.05) is 23.7 Å². The molecule has 2 aliphatic rings. The van der Waals surface area contributed by atoms with Gasteiger partial charge in [0.1, 0.15) is 0 Å². The molecule has 0 radical (unpaired) electrons. The lowest BCUT2D eigenvalue weighted by Gasteiger charge is -2.22. The van der Waals surface area contributed by atoms with E-state index in [2.05, 4.69) is 5.10 Å². The summed E-state index contributed by atoms with van der Waals surface area (Å²) in [6.45, 7) is 0.680. The van der Waals surface area contributed by atoms with E-state index in [0.29, 0.717) is 29.6 Å². The summed E-state index contributed by atoms with van der Waals surface area (Å²) in [7, 11) is 1.81. The lowest BCUT2D eigenvalue weighted by Crippen LogP contribution is -2.45. The number of likely N-dealkylation sites (N-methyl/N-ethyl adjacent to an activating group) is 1. The fraction of sp³-hybridized carbons (Fsp3) is 0.292. The summed E-state index contributed by atoms with van der Waals surface area (Å²) in [6, 6.07) is 8.21. The molecule has 0 bridgehead atoms. The lowest BCUT2D eigenvalue weighted by molar-refractivity contribution is -0.138. The van der Waals surface area contributed by atoms with E-state index in [-0.39, 0.29) is 22.0 Å². The van der Waals surface area contributed by atoms with Crippen molar-refractivity contribution in [2.75, 3.05) is 20.1 Å². The van der Waals surface area contributed by atoms with Crippen LogP contribution < -0.4 is 0 Å². The topological polar surface area (TPSA) is 78.7 Å². The molecule has 3 aromatic rings. The molecule has 188 valence electrons. The minimum atomic E-state index is -4.55. The molecule has 2 atom stereocenters. The van der Waals surface area contributed by atoms with Crippen molar-refractivity contribution in [3.05, 3.63) is 69.2 Å². The second-order valence-electron chi connectivity index (χ2n) is 8.83. The number of hydrogen-bond acceptors (Lipinski definition) is 6. The van der Waals surface area contributed by atoms with Crippen LogP contribution in [0.3, 0.4) is 0 Å². The van der Waals surface area contributed by atoms with Crippen LogP contribution in [0.15, 0.2) is 47.5 Å². The van der Waals surface area contributed by atoms with Gasteiger partial charge in [0.25, 0.3) is 11.1 Å². The van der Waals surface area contributed by atoms with Crippen LogP contribution in [0.1, 0.15) is 16.7 Å². The number of rotatable bonds is 4. The molecular weight excluding hydrogens is 517 g/mol. The van der Waals surface area contributed by atoms with Crippen LogP contribution in [0, 0.1) is 0 Å². The van der Waals surface area contributed by atoms with Crippen LogP contribution in [0.25, 0.3) is 17.0 Å². The predicted octanol–water partition coefficient (Wildman–Crippen LogP) is 4.47. The maximum absolute atomic E-state index is 13.5. The Hall–Kier alpha value is -2.86. The van der Waals surface area contributed by atoms with Gasteiger partial charge in [-0.25, -0.2) is 0 Å². The monoisotopic (exact) mass is 536 g/mol. The third kappa shape index (κ3) is 4.63. The van der Waals surface area contributed by atoms with Crippen LogP contribution >= 0.6 is 23.4 Å². The number of alkyl halides is 3. The largest absolute Gasteiger partial charge is 0.416 e. The number of aliphatic hydroxyl groups excluding tert-OH is 1. The molecule has 1 aromatic heterocycles. The van der Waals surface area contributed by atoms with Gasteiger partial charge in [0.05, 0.1) is 40.9 Å². The molecular formula is C24H20ClF3N4O3S. The van der Waals surface area contributed by atoms with Gasteiger partial charge in [-0.3, -0.25) is 19.2 Å². The van der Waals surface area contributed by atoms with E-state index in [4.69, 9.17) is 11.6 Å². The van der Waals surface area contributed by atoms with Crippen LogP contribution in [0.4, 0.5) is 18.0 Å². The number of halogens is 4. The summed E-state index contributed by atoms with van der Waals surface area (Å²) in [6.07, 6.45) is -2.23. The SMILES string of the molecule is CN1C[C@H](O)[C@@H](N2C(=O)SC(=Cc3ccc4c(cnn4Cc4ccc(Cl)cc4C(F)(F)F)c3)C2=O)C1. The number of benzene rings is 2. The number of aliphatic hydroxyl groups is 1. The number of carbonyl (C=O) groups is 2. The van der Waals surface area contributed by atoms with Crippen molar-refractivity contribution in [3.63, 3.8) is 0 Å². The molecule has 0 saturated carbocycles. The fourth-order valence-electron chi connectivity index (χ4n) is 4.56. The maximum Gasteiger partial charge on any atom is 0.416 e. The molecule has 3 heterocycles. The van der Waals surface area contributed by atoms with Gasteiger partial charge in [0, 0.05) is 23.5 Å². The Bertz CT molecular complexity index is 1410. The molecule has 5 rings (SSSR count). The van der Waals surface area contributed by atoms with E-state index in [1.54, 1.807) is 24.3 Å². The van der Waals surface area contributed by atoms with Crippen molar-refractivity contribution in [2.45, 2.75) is 24.9 Å². The molecule has 12 heteroatoms. The van der Waals surface area contributed by atoms with E-state index in [9.17, 15) is 27.9 Å². The van der Waals surface area contributed by atoms with Gasteiger partial charge >= 0.3 is 6.18 Å². The summed E-state index contributed by atoms with van der Waals surface area (Å²) in [5.74, 6) is -0.456. The normalized spacial score (nSPS) is 22.5. The average Bonchev–Trinajstić information content (AvgIpc) is 3.43. The highest BCUT2D eigenvalue weighted by Gasteiger charge is 2.45. The number of thioether (sulfide) groups is 1. The van der Waals surface area contributed by atoms with Crippen LogP contribution in [-0.4, -0.2) is 68.1 Å². The number of nitrogens with zero attached hydrogens (tertiary/aromatic N) is 4. The van der Waals surface area contributed by atoms with E-state index in [0.717, 1.165) is 22.7 Å². The second kappa shape index (κ2) is 9.22. The van der Waals surface area contributed by atoms with Crippen molar-refractivity contribution < 1.29 is 27.9 Å². The van der Waals surface area contributed by atoms with Gasteiger partial charge in [-0.2, -0.15) is 18.3 Å². The highest BCUT2D eigenvalue weighted by Crippen LogP contribution is 2.37. The van der Waals surface area contributed by atoms with Crippen molar-refractivity contribution in [2.24, 2.45) is 0 Å². The average molecular weight is 537 g/mol. The van der Waals surface area contributed by atoms with Crippen LogP contribution in [-0.2, 0) is 17.5 Å². The first-order valence-corrected chi connectivity index (χ1v) is 12.2. The Morgan fingerprint density at radius 3 is 2.67 bits per heavy atom. The number of hydrogen-bond donors (Lipinski definition) is 1. The zero-order chi connectivity index (χ0) is 25.8. The van der Waals surface area contributed by atoms with E-state index >= 15 is 0 Å². The van der Waals surface area contributed by atoms with Gasteiger partial charge < -0.3 is 10.0 Å². The fourth-order valence-corrected chi connectivity index (χ4v) is 5.62. The Balaban J connectivity index is 1.40. The number of aromatic nitrogens is 2. The Morgan fingerprint density at radius 2 is 1.97 bits per heavy atom. The third-order valence-electron chi connectivity index (χ3n) is 6.26. The van der Waals surface area contributed by atoms with Gasteiger partial charge in [-0.05, 0) is 60.3 Å². The van der Waals surface area contributed by atoms with E-state index in [1.807, 2.05) is 11.9 Å². The molecule has 2 amide bonds. The van der Waals surface area contributed by atoms with Crippen molar-refractivity contribution in [1.82, 2.24) is 19.6 Å². The van der Waals surface area contributed by atoms with Crippen LogP contribution in [0.2, 0.25) is 5.02 Å². The van der Waals surface area contributed by atoms with Gasteiger partial charge in [0.2, 0.25) is 0 Å². The first kappa shape index (κ1) is 24.8. The highest BCUT2D eigenvalue weighted by atomic mass is 35.5. The molecule has 1 N–H and O–H groups in total. The smallest absolute Gasteiger partial charge is 0.390 e. The minimum Gasteiger partial charge on any atom is -0.390 e. The van der Waals surface area contributed by atoms with Gasteiger partial charge in [0.15, 0.2) is 0 Å². The molecule has 2 aliphatic heterocycles. The summed E-state index contributed by atoms with van der Waals surface area (Å²) in [4.78, 5) is 28.7. The van der Waals surface area contributed by atoms with E-state index < -0.39 is 35.0 Å². The zero-order valence-corrected chi connectivity index (χ0v) is 20.4. The quantitative estimate of drug-likeness (QED) is 0.496. The third-order valence-corrected chi connectivity index (χ3v) is 7.38. The Morgan fingerprint density at radius 1 is 1.19 bits per heavy atom. The van der Waals surface area contributed by atoms with Gasteiger partial charge in [-0.15, -0.1) is 0 Å². The molecule has 7 nitrogen and oxygen atoms in total. The van der Waals surface area contributed by atoms with Crippen molar-refractivity contribution in [1.29, 1.82) is 0 Å². The number of amides is 2. The Labute approximate surface area is 213 Å². The summed E-state index contributed by atoms with van der Waals surface area (Å²) in [5.41, 5.74) is 0.471. The summed E-state index contributed by atoms with van der Waals surface area (Å²) >= 11 is 6.59. The second-order valence-corrected chi connectivity index (χ2v) is 10.3.